The number of aliphatic hydroxyl groups excluding tert-OH is 1. The van der Waals surface area contributed by atoms with Gasteiger partial charge in [-0.2, -0.15) is 13.2 Å². The molecule has 2 aliphatic rings. The summed E-state index contributed by atoms with van der Waals surface area (Å²) in [5.74, 6) is -0.187. The highest BCUT2D eigenvalue weighted by molar-refractivity contribution is 5.97. The minimum absolute atomic E-state index is 0.102. The molecule has 1 saturated carbocycles. The van der Waals surface area contributed by atoms with Crippen molar-refractivity contribution in [3.63, 3.8) is 0 Å². The number of pyridine rings is 1. The summed E-state index contributed by atoms with van der Waals surface area (Å²) < 4.78 is 38.9. The van der Waals surface area contributed by atoms with Crippen LogP contribution in [0.15, 0.2) is 54.9 Å². The maximum absolute atomic E-state index is 13.0. The van der Waals surface area contributed by atoms with Crippen LogP contribution in [0.25, 0.3) is 5.70 Å². The molecule has 1 fully saturated rings. The van der Waals surface area contributed by atoms with E-state index < -0.39 is 17.8 Å². The molecule has 4 rings (SSSR count). The van der Waals surface area contributed by atoms with Crippen molar-refractivity contribution in [3.8, 4) is 0 Å². The Bertz CT molecular complexity index is 913. The minimum atomic E-state index is -4.42. The Morgan fingerprint density at radius 1 is 1.10 bits per heavy atom. The largest absolute Gasteiger partial charge is 0.416 e. The molecule has 0 radical (unpaired) electrons. The normalized spacial score (nSPS) is 22.8. The van der Waals surface area contributed by atoms with Crippen LogP contribution in [0.1, 0.15) is 36.8 Å². The van der Waals surface area contributed by atoms with Gasteiger partial charge in [-0.15, -0.1) is 0 Å². The number of aromatic nitrogens is 1. The molecule has 0 spiro atoms. The van der Waals surface area contributed by atoms with Crippen molar-refractivity contribution >= 4 is 17.3 Å². The molecule has 2 atom stereocenters. The minimum Gasteiger partial charge on any atom is -0.391 e. The number of anilines is 1. The van der Waals surface area contributed by atoms with E-state index in [2.05, 4.69) is 4.98 Å². The first-order chi connectivity index (χ1) is 13.9. The molecule has 2 unspecified atom stereocenters. The molecular formula is C21H20F3N3O2. The fourth-order valence-electron chi connectivity index (χ4n) is 3.95. The number of halogens is 3. The molecule has 29 heavy (non-hydrogen) atoms. The molecular weight excluding hydrogens is 383 g/mol. The number of hydrogen-bond donors (Lipinski definition) is 1. The summed E-state index contributed by atoms with van der Waals surface area (Å²) in [7, 11) is 0. The number of hydrazine groups is 1. The van der Waals surface area contributed by atoms with Crippen LogP contribution >= 0.6 is 0 Å². The van der Waals surface area contributed by atoms with E-state index in [4.69, 9.17) is 0 Å². The van der Waals surface area contributed by atoms with Gasteiger partial charge in [-0.05, 0) is 55.2 Å². The van der Waals surface area contributed by atoms with Gasteiger partial charge in [0.1, 0.15) is 0 Å². The SMILES string of the molecule is O=C1CC=C(c2ccc(C(F)(F)F)cc2)N(C2CCCC2O)N1c1cccnc1. The van der Waals surface area contributed by atoms with Gasteiger partial charge in [-0.3, -0.25) is 14.8 Å². The monoisotopic (exact) mass is 403 g/mol. The fourth-order valence-corrected chi connectivity index (χ4v) is 3.95. The maximum atomic E-state index is 13.0. The first kappa shape index (κ1) is 19.4. The third-order valence-corrected chi connectivity index (χ3v) is 5.33. The van der Waals surface area contributed by atoms with Crippen LogP contribution in [0, 0.1) is 0 Å². The number of aliphatic hydroxyl groups is 1. The van der Waals surface area contributed by atoms with Crippen LogP contribution in [0.5, 0.6) is 0 Å². The van der Waals surface area contributed by atoms with Crippen LogP contribution in [0.4, 0.5) is 18.9 Å². The van der Waals surface area contributed by atoms with Crippen molar-refractivity contribution in [2.24, 2.45) is 0 Å². The lowest BCUT2D eigenvalue weighted by Crippen LogP contribution is -2.55. The van der Waals surface area contributed by atoms with E-state index in [0.29, 0.717) is 29.8 Å². The summed E-state index contributed by atoms with van der Waals surface area (Å²) in [6.45, 7) is 0. The smallest absolute Gasteiger partial charge is 0.391 e. The van der Waals surface area contributed by atoms with E-state index >= 15 is 0 Å². The molecule has 1 aromatic carbocycles. The Hall–Kier alpha value is -2.87. The molecule has 5 nitrogen and oxygen atoms in total. The number of alkyl halides is 3. The van der Waals surface area contributed by atoms with Crippen LogP contribution in [-0.2, 0) is 11.0 Å². The number of amides is 1. The number of rotatable bonds is 3. The molecule has 2 heterocycles. The lowest BCUT2D eigenvalue weighted by Gasteiger charge is -2.45. The Morgan fingerprint density at radius 3 is 2.45 bits per heavy atom. The molecule has 0 bridgehead atoms. The average Bonchev–Trinajstić information content (AvgIpc) is 3.13. The zero-order valence-corrected chi connectivity index (χ0v) is 15.5. The number of benzene rings is 1. The van der Waals surface area contributed by atoms with E-state index in [1.807, 2.05) is 0 Å². The van der Waals surface area contributed by atoms with Gasteiger partial charge in [-0.1, -0.05) is 12.1 Å². The van der Waals surface area contributed by atoms with Crippen LogP contribution in [0.2, 0.25) is 0 Å². The lowest BCUT2D eigenvalue weighted by atomic mass is 10.0. The fraction of sp³-hybridized carbons (Fsp3) is 0.333. The second-order valence-electron chi connectivity index (χ2n) is 7.20. The first-order valence-electron chi connectivity index (χ1n) is 9.44. The van der Waals surface area contributed by atoms with Gasteiger partial charge in [-0.25, -0.2) is 5.01 Å². The highest BCUT2D eigenvalue weighted by atomic mass is 19.4. The van der Waals surface area contributed by atoms with Gasteiger partial charge in [0.05, 0.1) is 35.3 Å². The van der Waals surface area contributed by atoms with Gasteiger partial charge in [0.25, 0.3) is 0 Å². The topological polar surface area (TPSA) is 56.7 Å². The van der Waals surface area contributed by atoms with Gasteiger partial charge >= 0.3 is 6.18 Å². The van der Waals surface area contributed by atoms with Crippen molar-refractivity contribution in [2.45, 2.75) is 44.0 Å². The molecule has 2 aromatic rings. The maximum Gasteiger partial charge on any atom is 0.416 e. The van der Waals surface area contributed by atoms with Crippen molar-refractivity contribution < 1.29 is 23.1 Å². The Kier molecular flexibility index (Phi) is 5.04. The summed E-state index contributed by atoms with van der Waals surface area (Å²) in [6.07, 6.45) is 1.99. The third kappa shape index (κ3) is 3.72. The molecule has 1 aliphatic heterocycles. The molecule has 1 N–H and O–H groups in total. The number of nitrogens with zero attached hydrogens (tertiary/aromatic N) is 3. The van der Waals surface area contributed by atoms with Gasteiger partial charge < -0.3 is 5.11 Å². The van der Waals surface area contributed by atoms with Gasteiger partial charge in [0.2, 0.25) is 5.91 Å². The summed E-state index contributed by atoms with van der Waals surface area (Å²) in [4.78, 5) is 16.9. The van der Waals surface area contributed by atoms with Crippen LogP contribution in [-0.4, -0.2) is 33.2 Å². The van der Waals surface area contributed by atoms with E-state index in [-0.39, 0.29) is 18.4 Å². The average molecular weight is 403 g/mol. The third-order valence-electron chi connectivity index (χ3n) is 5.33. The molecule has 0 saturated heterocycles. The van der Waals surface area contributed by atoms with Crippen LogP contribution < -0.4 is 5.01 Å². The zero-order valence-electron chi connectivity index (χ0n) is 15.5. The number of carbonyl (C=O) groups is 1. The van der Waals surface area contributed by atoms with E-state index in [1.54, 1.807) is 35.6 Å². The standard InChI is InChI=1S/C21H20F3N3O2/c22-21(23,24)15-8-6-14(7-9-15)17-10-11-20(29)26(16-3-2-12-25-13-16)27(17)18-4-1-5-19(18)28/h2-3,6-10,12-13,18-19,28H,1,4-5,11H2. The van der Waals surface area contributed by atoms with Gasteiger partial charge in [0.15, 0.2) is 0 Å². The van der Waals surface area contributed by atoms with E-state index in [1.165, 1.54) is 17.1 Å². The molecule has 8 heteroatoms. The second kappa shape index (κ2) is 7.51. The molecule has 1 aliphatic carbocycles. The van der Waals surface area contributed by atoms with Crippen molar-refractivity contribution in [2.75, 3.05) is 5.01 Å². The molecule has 152 valence electrons. The van der Waals surface area contributed by atoms with Gasteiger partial charge in [0, 0.05) is 12.6 Å². The highest BCUT2D eigenvalue weighted by Gasteiger charge is 2.40. The lowest BCUT2D eigenvalue weighted by molar-refractivity contribution is -0.137. The quantitative estimate of drug-likeness (QED) is 0.842. The van der Waals surface area contributed by atoms with Crippen molar-refractivity contribution in [3.05, 3.63) is 66.0 Å². The zero-order chi connectivity index (χ0) is 20.6. The second-order valence-corrected chi connectivity index (χ2v) is 7.20. The summed E-state index contributed by atoms with van der Waals surface area (Å²) >= 11 is 0. The number of hydrogen-bond acceptors (Lipinski definition) is 4. The van der Waals surface area contributed by atoms with Crippen LogP contribution in [0.3, 0.4) is 0 Å². The summed E-state index contributed by atoms with van der Waals surface area (Å²) in [5.41, 5.74) is 0.978. The van der Waals surface area contributed by atoms with E-state index in [9.17, 15) is 23.1 Å². The van der Waals surface area contributed by atoms with E-state index in [0.717, 1.165) is 18.6 Å². The van der Waals surface area contributed by atoms with Crippen molar-refractivity contribution in [1.29, 1.82) is 0 Å². The summed E-state index contributed by atoms with van der Waals surface area (Å²) in [6, 6.07) is 7.97. The predicted molar refractivity (Wildman–Crippen MR) is 101 cm³/mol. The predicted octanol–water partition coefficient (Wildman–Crippen LogP) is 4.01. The Morgan fingerprint density at radius 2 is 1.86 bits per heavy atom. The Balaban J connectivity index is 1.78. The molecule has 1 aromatic heterocycles. The Labute approximate surface area is 166 Å². The first-order valence-corrected chi connectivity index (χ1v) is 9.44. The van der Waals surface area contributed by atoms with Crippen molar-refractivity contribution in [1.82, 2.24) is 9.99 Å². The summed E-state index contributed by atoms with van der Waals surface area (Å²) in [5, 5.41) is 13.7. The number of carbonyl (C=O) groups excluding carboxylic acids is 1. The molecule has 1 amide bonds. The highest BCUT2D eigenvalue weighted by Crippen LogP contribution is 2.38.